The molecule has 7 heteroatoms. The molecule has 0 bridgehead atoms. The summed E-state index contributed by atoms with van der Waals surface area (Å²) < 4.78 is 16.2. The summed E-state index contributed by atoms with van der Waals surface area (Å²) in [6.45, 7) is 4.72. The van der Waals surface area contributed by atoms with Gasteiger partial charge in [-0.1, -0.05) is 0 Å². The predicted octanol–water partition coefficient (Wildman–Crippen LogP) is 0.657. The van der Waals surface area contributed by atoms with E-state index in [1.807, 2.05) is 13.2 Å². The third kappa shape index (κ3) is 3.41. The third-order valence-corrected chi connectivity index (χ3v) is 4.99. The van der Waals surface area contributed by atoms with Crippen molar-refractivity contribution in [1.29, 1.82) is 0 Å². The SMILES string of the molecule is COCCN1C[C@H]2[C@@H](C1)N(c1cc(OC)ncn1)CC[C@H]2OC. The second-order valence-corrected chi connectivity index (χ2v) is 6.16. The minimum absolute atomic E-state index is 0.313. The van der Waals surface area contributed by atoms with Crippen molar-refractivity contribution in [1.82, 2.24) is 14.9 Å². The standard InChI is InChI=1S/C16H26N4O3/c1-21-7-6-19-9-12-13(10-19)20(5-4-14(12)22-2)15-8-16(23-3)18-11-17-15/h8,11-14H,4-7,9-10H2,1-3H3/t12-,13+,14+/m0/s1. The first-order chi connectivity index (χ1) is 11.3. The molecular formula is C16H26N4O3. The molecule has 2 aliphatic heterocycles. The Morgan fingerprint density at radius 3 is 2.83 bits per heavy atom. The lowest BCUT2D eigenvalue weighted by atomic mass is 9.89. The zero-order valence-corrected chi connectivity index (χ0v) is 14.1. The molecule has 0 saturated carbocycles. The molecule has 0 N–H and O–H groups in total. The number of hydrogen-bond acceptors (Lipinski definition) is 7. The van der Waals surface area contributed by atoms with Crippen LogP contribution >= 0.6 is 0 Å². The van der Waals surface area contributed by atoms with Crippen LogP contribution in [0.4, 0.5) is 5.82 Å². The maximum Gasteiger partial charge on any atom is 0.218 e. The van der Waals surface area contributed by atoms with Gasteiger partial charge in [0.15, 0.2) is 0 Å². The maximum atomic E-state index is 5.74. The number of methoxy groups -OCH3 is 3. The summed E-state index contributed by atoms with van der Waals surface area (Å²) in [7, 11) is 5.21. The molecule has 0 unspecified atom stereocenters. The molecule has 2 aliphatic rings. The van der Waals surface area contributed by atoms with E-state index < -0.39 is 0 Å². The highest BCUT2D eigenvalue weighted by Crippen LogP contribution is 2.35. The number of aromatic nitrogens is 2. The van der Waals surface area contributed by atoms with Gasteiger partial charge in [-0.3, -0.25) is 4.90 Å². The lowest BCUT2D eigenvalue weighted by molar-refractivity contribution is 0.0311. The van der Waals surface area contributed by atoms with Crippen LogP contribution in [-0.4, -0.2) is 81.1 Å². The van der Waals surface area contributed by atoms with Crippen molar-refractivity contribution >= 4 is 5.82 Å². The largest absolute Gasteiger partial charge is 0.481 e. The molecule has 1 aromatic heterocycles. The van der Waals surface area contributed by atoms with Crippen molar-refractivity contribution in [3.63, 3.8) is 0 Å². The summed E-state index contributed by atoms with van der Waals surface area (Å²) in [5, 5.41) is 0. The van der Waals surface area contributed by atoms with Crippen molar-refractivity contribution < 1.29 is 14.2 Å². The molecule has 0 aromatic carbocycles. The van der Waals surface area contributed by atoms with E-state index in [4.69, 9.17) is 14.2 Å². The van der Waals surface area contributed by atoms with Crippen LogP contribution in [0, 0.1) is 5.92 Å². The Morgan fingerprint density at radius 1 is 1.22 bits per heavy atom. The molecule has 3 rings (SSSR count). The van der Waals surface area contributed by atoms with Gasteiger partial charge in [-0.05, 0) is 6.42 Å². The Bertz CT molecular complexity index is 516. The molecule has 23 heavy (non-hydrogen) atoms. The van der Waals surface area contributed by atoms with E-state index in [0.717, 1.165) is 45.0 Å². The quantitative estimate of drug-likeness (QED) is 0.762. The van der Waals surface area contributed by atoms with Crippen molar-refractivity contribution in [2.24, 2.45) is 5.92 Å². The average Bonchev–Trinajstić information content (AvgIpc) is 3.03. The van der Waals surface area contributed by atoms with E-state index in [1.165, 1.54) is 0 Å². The highest BCUT2D eigenvalue weighted by Gasteiger charge is 2.44. The van der Waals surface area contributed by atoms with E-state index >= 15 is 0 Å². The summed E-state index contributed by atoms with van der Waals surface area (Å²) in [5.41, 5.74) is 0. The zero-order valence-electron chi connectivity index (χ0n) is 14.1. The third-order valence-electron chi connectivity index (χ3n) is 4.99. The van der Waals surface area contributed by atoms with Gasteiger partial charge in [-0.2, -0.15) is 0 Å². The summed E-state index contributed by atoms with van der Waals surface area (Å²) in [5.74, 6) is 2.04. The molecule has 0 aliphatic carbocycles. The van der Waals surface area contributed by atoms with Crippen LogP contribution in [0.25, 0.3) is 0 Å². The summed E-state index contributed by atoms with van der Waals surface area (Å²) >= 11 is 0. The summed E-state index contributed by atoms with van der Waals surface area (Å²) in [6.07, 6.45) is 2.90. The average molecular weight is 322 g/mol. The van der Waals surface area contributed by atoms with E-state index in [2.05, 4.69) is 19.8 Å². The number of likely N-dealkylation sites (tertiary alicyclic amines) is 1. The van der Waals surface area contributed by atoms with Crippen molar-refractivity contribution in [3.8, 4) is 5.88 Å². The molecule has 0 amide bonds. The molecular weight excluding hydrogens is 296 g/mol. The summed E-state index contributed by atoms with van der Waals surface area (Å²) in [4.78, 5) is 13.4. The van der Waals surface area contributed by atoms with Crippen LogP contribution in [-0.2, 0) is 9.47 Å². The van der Waals surface area contributed by atoms with Gasteiger partial charge in [-0.25, -0.2) is 9.97 Å². The first-order valence-electron chi connectivity index (χ1n) is 8.13. The fraction of sp³-hybridized carbons (Fsp3) is 0.750. The first kappa shape index (κ1) is 16.4. The van der Waals surface area contributed by atoms with Crippen molar-refractivity contribution in [2.45, 2.75) is 18.6 Å². The van der Waals surface area contributed by atoms with E-state index in [9.17, 15) is 0 Å². The van der Waals surface area contributed by atoms with E-state index in [-0.39, 0.29) is 0 Å². The molecule has 128 valence electrons. The Kier molecular flexibility index (Phi) is 5.30. The molecule has 0 spiro atoms. The number of anilines is 1. The van der Waals surface area contributed by atoms with Crippen LogP contribution in [0.5, 0.6) is 5.88 Å². The number of fused-ring (bicyclic) bond motifs is 1. The van der Waals surface area contributed by atoms with Gasteiger partial charge < -0.3 is 19.1 Å². The molecule has 2 saturated heterocycles. The van der Waals surface area contributed by atoms with Gasteiger partial charge in [0.2, 0.25) is 5.88 Å². The Hall–Kier alpha value is -1.44. The van der Waals surface area contributed by atoms with Crippen molar-refractivity contribution in [2.75, 3.05) is 59.0 Å². The van der Waals surface area contributed by atoms with Crippen LogP contribution < -0.4 is 9.64 Å². The number of nitrogens with zero attached hydrogens (tertiary/aromatic N) is 4. The highest BCUT2D eigenvalue weighted by atomic mass is 16.5. The van der Waals surface area contributed by atoms with Crippen LogP contribution in [0.3, 0.4) is 0 Å². The first-order valence-corrected chi connectivity index (χ1v) is 8.13. The van der Waals surface area contributed by atoms with Crippen LogP contribution in [0.15, 0.2) is 12.4 Å². The smallest absolute Gasteiger partial charge is 0.218 e. The Labute approximate surface area is 137 Å². The van der Waals surface area contributed by atoms with Gasteiger partial charge >= 0.3 is 0 Å². The number of piperidine rings is 1. The molecule has 3 atom stereocenters. The van der Waals surface area contributed by atoms with E-state index in [1.54, 1.807) is 20.5 Å². The Morgan fingerprint density at radius 2 is 2.09 bits per heavy atom. The molecule has 1 aromatic rings. The lowest BCUT2D eigenvalue weighted by Crippen LogP contribution is -2.51. The normalized spacial score (nSPS) is 28.0. The fourth-order valence-corrected chi connectivity index (χ4v) is 3.81. The molecule has 7 nitrogen and oxygen atoms in total. The zero-order chi connectivity index (χ0) is 16.2. The predicted molar refractivity (Wildman–Crippen MR) is 86.9 cm³/mol. The number of rotatable bonds is 6. The van der Waals surface area contributed by atoms with Gasteiger partial charge in [0, 0.05) is 58.4 Å². The van der Waals surface area contributed by atoms with Gasteiger partial charge in [-0.15, -0.1) is 0 Å². The minimum Gasteiger partial charge on any atom is -0.481 e. The highest BCUT2D eigenvalue weighted by molar-refractivity contribution is 5.43. The monoisotopic (exact) mass is 322 g/mol. The number of hydrogen-bond donors (Lipinski definition) is 0. The van der Waals surface area contributed by atoms with E-state index in [0.29, 0.717) is 23.9 Å². The minimum atomic E-state index is 0.313. The van der Waals surface area contributed by atoms with Gasteiger partial charge in [0.05, 0.1) is 19.8 Å². The van der Waals surface area contributed by atoms with Gasteiger partial charge in [0.1, 0.15) is 12.1 Å². The molecule has 2 fully saturated rings. The number of ether oxygens (including phenoxy) is 3. The van der Waals surface area contributed by atoms with Crippen LogP contribution in [0.2, 0.25) is 0 Å². The van der Waals surface area contributed by atoms with Crippen molar-refractivity contribution in [3.05, 3.63) is 12.4 Å². The second kappa shape index (κ2) is 7.42. The molecule has 0 radical (unpaired) electrons. The maximum absolute atomic E-state index is 5.74. The van der Waals surface area contributed by atoms with Crippen LogP contribution in [0.1, 0.15) is 6.42 Å². The summed E-state index contributed by atoms with van der Waals surface area (Å²) in [6, 6.07) is 2.33. The lowest BCUT2D eigenvalue weighted by Gasteiger charge is -2.41. The second-order valence-electron chi connectivity index (χ2n) is 6.16. The molecule has 3 heterocycles. The Balaban J connectivity index is 1.79. The topological polar surface area (TPSA) is 60.0 Å². The van der Waals surface area contributed by atoms with Gasteiger partial charge in [0.25, 0.3) is 0 Å². The fourth-order valence-electron chi connectivity index (χ4n) is 3.81.